The van der Waals surface area contributed by atoms with E-state index in [-0.39, 0.29) is 12.5 Å². The molecule has 0 radical (unpaired) electrons. The first kappa shape index (κ1) is 14.6. The molecule has 4 nitrogen and oxygen atoms in total. The molecule has 2 saturated heterocycles. The first-order valence-electron chi connectivity index (χ1n) is 7.38. The van der Waals surface area contributed by atoms with Crippen LogP contribution in [-0.4, -0.2) is 59.6 Å². The van der Waals surface area contributed by atoms with Gasteiger partial charge in [-0.25, -0.2) is 0 Å². The summed E-state index contributed by atoms with van der Waals surface area (Å²) in [5.41, 5.74) is 0.725. The fourth-order valence-corrected chi connectivity index (χ4v) is 4.07. The topological polar surface area (TPSA) is 43.8 Å². The van der Waals surface area contributed by atoms with Crippen LogP contribution in [0.2, 0.25) is 0 Å². The van der Waals surface area contributed by atoms with Gasteiger partial charge in [0.2, 0.25) is 0 Å². The van der Waals surface area contributed by atoms with Gasteiger partial charge in [0.05, 0.1) is 10.4 Å². The molecule has 0 aromatic carbocycles. The van der Waals surface area contributed by atoms with E-state index in [1.165, 1.54) is 24.2 Å². The Kier molecular flexibility index (Phi) is 4.29. The van der Waals surface area contributed by atoms with Gasteiger partial charge in [0.25, 0.3) is 5.91 Å². The first-order chi connectivity index (χ1) is 10.2. The van der Waals surface area contributed by atoms with Gasteiger partial charge in [0, 0.05) is 30.6 Å². The lowest BCUT2D eigenvalue weighted by molar-refractivity contribution is 0.0741. The lowest BCUT2D eigenvalue weighted by Crippen LogP contribution is -2.39. The third kappa shape index (κ3) is 2.98. The van der Waals surface area contributed by atoms with Crippen LogP contribution in [0.4, 0.5) is 0 Å². The number of carbonyl (C=O) groups excluding carboxylic acids is 1. The number of thiophene rings is 1. The van der Waals surface area contributed by atoms with Crippen molar-refractivity contribution in [2.24, 2.45) is 0 Å². The molecule has 2 aliphatic heterocycles. The van der Waals surface area contributed by atoms with Gasteiger partial charge in [-0.05, 0) is 32.4 Å². The minimum absolute atomic E-state index is 0.115. The van der Waals surface area contributed by atoms with E-state index in [1.807, 2.05) is 16.3 Å². The maximum Gasteiger partial charge on any atom is 0.254 e. The van der Waals surface area contributed by atoms with Crippen LogP contribution in [0.15, 0.2) is 11.4 Å². The predicted octanol–water partition coefficient (Wildman–Crippen LogP) is 1.40. The first-order valence-corrected chi connectivity index (χ1v) is 8.26. The molecule has 2 bridgehead atoms. The smallest absolute Gasteiger partial charge is 0.254 e. The summed E-state index contributed by atoms with van der Waals surface area (Å²) in [6.45, 7) is 1.53. The fraction of sp³-hybridized carbons (Fsp3) is 0.562. The maximum absolute atomic E-state index is 12.6. The summed E-state index contributed by atoms with van der Waals surface area (Å²) in [5, 5.41) is 10.6. The number of rotatable bonds is 1. The average molecular weight is 304 g/mol. The lowest BCUT2D eigenvalue weighted by Gasteiger charge is -2.25. The Morgan fingerprint density at radius 2 is 2.24 bits per heavy atom. The summed E-state index contributed by atoms with van der Waals surface area (Å²) in [4.78, 5) is 17.9. The fourth-order valence-electron chi connectivity index (χ4n) is 3.32. The highest BCUT2D eigenvalue weighted by molar-refractivity contribution is 7.10. The Morgan fingerprint density at radius 3 is 3.05 bits per heavy atom. The highest BCUT2D eigenvalue weighted by Crippen LogP contribution is 2.29. The molecular formula is C16H20N2O2S. The predicted molar refractivity (Wildman–Crippen MR) is 83.4 cm³/mol. The van der Waals surface area contributed by atoms with Gasteiger partial charge in [-0.15, -0.1) is 11.3 Å². The molecule has 1 aromatic heterocycles. The average Bonchev–Trinajstić information content (AvgIpc) is 3.02. The second-order valence-electron chi connectivity index (χ2n) is 5.75. The molecule has 2 aliphatic rings. The van der Waals surface area contributed by atoms with Crippen molar-refractivity contribution in [1.29, 1.82) is 0 Å². The molecule has 3 rings (SSSR count). The van der Waals surface area contributed by atoms with Gasteiger partial charge < -0.3 is 10.0 Å². The van der Waals surface area contributed by atoms with E-state index in [0.717, 1.165) is 30.0 Å². The van der Waals surface area contributed by atoms with Crippen LogP contribution in [0.3, 0.4) is 0 Å². The van der Waals surface area contributed by atoms with E-state index in [9.17, 15) is 4.79 Å². The van der Waals surface area contributed by atoms with Crippen LogP contribution >= 0.6 is 11.3 Å². The quantitative estimate of drug-likeness (QED) is 0.798. The summed E-state index contributed by atoms with van der Waals surface area (Å²) < 4.78 is 0. The minimum Gasteiger partial charge on any atom is -0.384 e. The number of aliphatic hydroxyl groups excluding tert-OH is 1. The number of likely N-dealkylation sites (N-methyl/N-ethyl adjacent to an activating group) is 1. The van der Waals surface area contributed by atoms with E-state index in [2.05, 4.69) is 23.8 Å². The number of fused-ring (bicyclic) bond motifs is 2. The highest BCUT2D eigenvalue weighted by Gasteiger charge is 2.36. The van der Waals surface area contributed by atoms with Crippen molar-refractivity contribution in [3.8, 4) is 11.8 Å². The van der Waals surface area contributed by atoms with Gasteiger partial charge in [-0.1, -0.05) is 11.8 Å². The number of likely N-dealkylation sites (tertiary alicyclic amines) is 1. The normalized spacial score (nSPS) is 25.3. The van der Waals surface area contributed by atoms with Crippen LogP contribution in [0.1, 0.15) is 34.5 Å². The Labute approximate surface area is 129 Å². The molecule has 2 fully saturated rings. The van der Waals surface area contributed by atoms with Gasteiger partial charge in [-0.3, -0.25) is 9.69 Å². The molecule has 21 heavy (non-hydrogen) atoms. The van der Waals surface area contributed by atoms with E-state index in [1.54, 1.807) is 0 Å². The van der Waals surface area contributed by atoms with E-state index >= 15 is 0 Å². The zero-order valence-corrected chi connectivity index (χ0v) is 13.0. The molecule has 112 valence electrons. The number of carbonyl (C=O) groups is 1. The van der Waals surface area contributed by atoms with Gasteiger partial charge in [0.1, 0.15) is 6.61 Å². The number of hydrogen-bond acceptors (Lipinski definition) is 4. The van der Waals surface area contributed by atoms with Crippen LogP contribution in [0, 0.1) is 11.8 Å². The van der Waals surface area contributed by atoms with Crippen LogP contribution in [-0.2, 0) is 0 Å². The number of aliphatic hydroxyl groups is 1. The van der Waals surface area contributed by atoms with Gasteiger partial charge in [-0.2, -0.15) is 0 Å². The minimum atomic E-state index is -0.150. The third-order valence-corrected chi connectivity index (χ3v) is 5.42. The second-order valence-corrected chi connectivity index (χ2v) is 6.66. The summed E-state index contributed by atoms with van der Waals surface area (Å²) in [5.74, 6) is 5.59. The Hall–Kier alpha value is -1.35. The van der Waals surface area contributed by atoms with Gasteiger partial charge >= 0.3 is 0 Å². The van der Waals surface area contributed by atoms with Crippen molar-refractivity contribution in [3.63, 3.8) is 0 Å². The largest absolute Gasteiger partial charge is 0.384 e. The molecular weight excluding hydrogens is 284 g/mol. The number of nitrogens with zero attached hydrogens (tertiary/aromatic N) is 2. The zero-order valence-electron chi connectivity index (χ0n) is 12.2. The summed E-state index contributed by atoms with van der Waals surface area (Å²) in [6, 6.07) is 2.98. The number of amides is 1. The zero-order chi connectivity index (χ0) is 14.8. The van der Waals surface area contributed by atoms with Gasteiger partial charge in [0.15, 0.2) is 0 Å². The summed E-state index contributed by atoms with van der Waals surface area (Å²) in [6.07, 6.45) is 3.53. The van der Waals surface area contributed by atoms with Crippen molar-refractivity contribution < 1.29 is 9.90 Å². The molecule has 0 saturated carbocycles. The molecule has 5 heteroatoms. The Balaban J connectivity index is 1.71. The van der Waals surface area contributed by atoms with Crippen molar-refractivity contribution in [1.82, 2.24) is 9.80 Å². The number of hydrogen-bond donors (Lipinski definition) is 1. The molecule has 1 amide bonds. The van der Waals surface area contributed by atoms with Crippen LogP contribution in [0.5, 0.6) is 0 Å². The summed E-state index contributed by atoms with van der Waals surface area (Å²) >= 11 is 1.46. The Morgan fingerprint density at radius 1 is 1.43 bits per heavy atom. The standard InChI is InChI=1S/C16H20N2O2S/c1-17-13-4-5-14(17)10-18(7-6-13)16(20)12-9-15(21-11-12)3-2-8-19/h9,11,13-14,19H,4-8,10H2,1H3. The molecule has 1 N–H and O–H groups in total. The molecule has 0 aliphatic carbocycles. The van der Waals surface area contributed by atoms with Crippen molar-refractivity contribution >= 4 is 17.2 Å². The molecule has 0 spiro atoms. The molecule has 3 heterocycles. The monoisotopic (exact) mass is 304 g/mol. The van der Waals surface area contributed by atoms with Crippen LogP contribution in [0.25, 0.3) is 0 Å². The molecule has 2 atom stereocenters. The second kappa shape index (κ2) is 6.18. The molecule has 1 aromatic rings. The van der Waals surface area contributed by atoms with Crippen LogP contribution < -0.4 is 0 Å². The third-order valence-electron chi connectivity index (χ3n) is 4.57. The van der Waals surface area contributed by atoms with E-state index in [4.69, 9.17) is 5.11 Å². The van der Waals surface area contributed by atoms with E-state index < -0.39 is 0 Å². The lowest BCUT2D eigenvalue weighted by atomic mass is 10.1. The highest BCUT2D eigenvalue weighted by atomic mass is 32.1. The Bertz CT molecular complexity index is 587. The summed E-state index contributed by atoms with van der Waals surface area (Å²) in [7, 11) is 2.18. The van der Waals surface area contributed by atoms with E-state index in [0.29, 0.717) is 12.1 Å². The van der Waals surface area contributed by atoms with Crippen molar-refractivity contribution in [3.05, 3.63) is 21.9 Å². The molecule has 2 unspecified atom stereocenters. The van der Waals surface area contributed by atoms with Crippen molar-refractivity contribution in [2.75, 3.05) is 26.7 Å². The SMILES string of the molecule is CN1C2CCC1CN(C(=O)c1csc(C#CCO)c1)CC2. The van der Waals surface area contributed by atoms with Crippen molar-refractivity contribution in [2.45, 2.75) is 31.3 Å². The maximum atomic E-state index is 12.6.